The largest absolute Gasteiger partial charge is 0.354 e. The second-order valence-electron chi connectivity index (χ2n) is 6.62. The lowest BCUT2D eigenvalue weighted by Gasteiger charge is -2.17. The van der Waals surface area contributed by atoms with Gasteiger partial charge in [0, 0.05) is 31.4 Å². The third-order valence-corrected chi connectivity index (χ3v) is 4.43. The van der Waals surface area contributed by atoms with Crippen molar-refractivity contribution in [2.75, 3.05) is 7.05 Å². The summed E-state index contributed by atoms with van der Waals surface area (Å²) in [6, 6.07) is 21.0. The van der Waals surface area contributed by atoms with Crippen LogP contribution in [0.25, 0.3) is 5.69 Å². The van der Waals surface area contributed by atoms with Gasteiger partial charge < -0.3 is 10.6 Å². The topological polar surface area (TPSA) is 54.2 Å². The zero-order chi connectivity index (χ0) is 18.9. The average molecular weight is 489 g/mol. The molecule has 2 N–H and O–H groups in total. The van der Waals surface area contributed by atoms with Gasteiger partial charge in [-0.05, 0) is 37.5 Å². The zero-order valence-corrected chi connectivity index (χ0v) is 18.7. The first-order valence-corrected chi connectivity index (χ1v) is 9.34. The maximum Gasteiger partial charge on any atom is 0.191 e. The highest BCUT2D eigenvalue weighted by molar-refractivity contribution is 14.0. The lowest BCUT2D eigenvalue weighted by atomic mass is 10.1. The van der Waals surface area contributed by atoms with Gasteiger partial charge >= 0.3 is 0 Å². The summed E-state index contributed by atoms with van der Waals surface area (Å²) in [7, 11) is 1.80. The molecule has 0 aliphatic heterocycles. The van der Waals surface area contributed by atoms with E-state index < -0.39 is 0 Å². The highest BCUT2D eigenvalue weighted by Gasteiger charge is 2.07. The van der Waals surface area contributed by atoms with Crippen LogP contribution in [-0.4, -0.2) is 28.8 Å². The van der Waals surface area contributed by atoms with Crippen LogP contribution >= 0.6 is 24.0 Å². The second-order valence-corrected chi connectivity index (χ2v) is 6.62. The molecule has 1 heterocycles. The second kappa shape index (κ2) is 11.5. The number of halogens is 1. The Balaban J connectivity index is 0.00000280. The minimum absolute atomic E-state index is 0. The molecular formula is C22H28IN5. The number of hydrogen-bond donors (Lipinski definition) is 2. The first kappa shape index (κ1) is 21.9. The fraction of sp³-hybridized carbons (Fsp3) is 0.273. The SMILES string of the molecule is CN=C(NCc1cnn(-c2ccccc2)c1)NC(C)CCc1ccccc1.I. The Morgan fingerprint density at radius 2 is 1.71 bits per heavy atom. The van der Waals surface area contributed by atoms with E-state index in [2.05, 4.69) is 58.0 Å². The summed E-state index contributed by atoms with van der Waals surface area (Å²) in [5, 5.41) is 11.3. The number of aliphatic imine (C=N–C) groups is 1. The van der Waals surface area contributed by atoms with Gasteiger partial charge in [0.15, 0.2) is 5.96 Å². The van der Waals surface area contributed by atoms with Gasteiger partial charge in [0.25, 0.3) is 0 Å². The Morgan fingerprint density at radius 1 is 1.04 bits per heavy atom. The molecule has 5 nitrogen and oxygen atoms in total. The number of aromatic nitrogens is 2. The number of nitrogens with one attached hydrogen (secondary N) is 2. The Bertz CT molecular complexity index is 846. The van der Waals surface area contributed by atoms with Gasteiger partial charge in [0.2, 0.25) is 0 Å². The molecule has 1 aromatic heterocycles. The molecule has 0 amide bonds. The predicted molar refractivity (Wildman–Crippen MR) is 127 cm³/mol. The molecule has 0 aliphatic rings. The van der Waals surface area contributed by atoms with Crippen molar-refractivity contribution in [3.8, 4) is 5.69 Å². The van der Waals surface area contributed by atoms with Crippen molar-refractivity contribution in [2.45, 2.75) is 32.4 Å². The lowest BCUT2D eigenvalue weighted by molar-refractivity contribution is 0.593. The Hall–Kier alpha value is -2.35. The minimum atomic E-state index is 0. The van der Waals surface area contributed by atoms with Crippen LogP contribution in [0.5, 0.6) is 0 Å². The predicted octanol–water partition coefficient (Wildman–Crippen LogP) is 4.18. The number of aryl methyl sites for hydroxylation is 1. The maximum absolute atomic E-state index is 4.43. The number of benzene rings is 2. The summed E-state index contributed by atoms with van der Waals surface area (Å²) < 4.78 is 1.88. The van der Waals surface area contributed by atoms with Crippen LogP contribution in [0, 0.1) is 0 Å². The molecule has 0 spiro atoms. The normalized spacial score (nSPS) is 12.1. The molecule has 0 radical (unpaired) electrons. The van der Waals surface area contributed by atoms with Gasteiger partial charge in [-0.1, -0.05) is 48.5 Å². The van der Waals surface area contributed by atoms with Crippen molar-refractivity contribution in [1.82, 2.24) is 20.4 Å². The highest BCUT2D eigenvalue weighted by atomic mass is 127. The van der Waals surface area contributed by atoms with Gasteiger partial charge in [-0.15, -0.1) is 24.0 Å². The quantitative estimate of drug-likeness (QED) is 0.298. The zero-order valence-electron chi connectivity index (χ0n) is 16.4. The Morgan fingerprint density at radius 3 is 2.39 bits per heavy atom. The van der Waals surface area contributed by atoms with E-state index in [1.165, 1.54) is 5.56 Å². The smallest absolute Gasteiger partial charge is 0.191 e. The number of nitrogens with zero attached hydrogens (tertiary/aromatic N) is 3. The van der Waals surface area contributed by atoms with Crippen LogP contribution in [0.4, 0.5) is 0 Å². The Labute approximate surface area is 184 Å². The van der Waals surface area contributed by atoms with Crippen LogP contribution < -0.4 is 10.6 Å². The molecule has 0 saturated carbocycles. The molecule has 3 rings (SSSR count). The van der Waals surface area contributed by atoms with Gasteiger partial charge in [0.05, 0.1) is 11.9 Å². The third kappa shape index (κ3) is 6.67. The monoisotopic (exact) mass is 489 g/mol. The summed E-state index contributed by atoms with van der Waals surface area (Å²) in [5.74, 6) is 0.808. The van der Waals surface area contributed by atoms with Gasteiger partial charge in [0.1, 0.15) is 0 Å². The van der Waals surface area contributed by atoms with Gasteiger partial charge in [-0.2, -0.15) is 5.10 Å². The first-order valence-electron chi connectivity index (χ1n) is 9.34. The maximum atomic E-state index is 4.43. The summed E-state index contributed by atoms with van der Waals surface area (Å²) in [5.41, 5.74) is 3.53. The number of hydrogen-bond acceptors (Lipinski definition) is 2. The highest BCUT2D eigenvalue weighted by Crippen LogP contribution is 2.08. The molecule has 0 saturated heterocycles. The fourth-order valence-corrected chi connectivity index (χ4v) is 2.89. The van der Waals surface area contributed by atoms with E-state index in [-0.39, 0.29) is 24.0 Å². The van der Waals surface area contributed by atoms with Crippen molar-refractivity contribution in [3.63, 3.8) is 0 Å². The summed E-state index contributed by atoms with van der Waals surface area (Å²) in [4.78, 5) is 4.33. The first-order chi connectivity index (χ1) is 13.2. The lowest BCUT2D eigenvalue weighted by Crippen LogP contribution is -2.42. The molecule has 0 bridgehead atoms. The molecule has 0 fully saturated rings. The fourth-order valence-electron chi connectivity index (χ4n) is 2.89. The van der Waals surface area contributed by atoms with Crippen molar-refractivity contribution in [2.24, 2.45) is 4.99 Å². The van der Waals surface area contributed by atoms with E-state index in [9.17, 15) is 0 Å². The average Bonchev–Trinajstić information content (AvgIpc) is 3.20. The van der Waals surface area contributed by atoms with E-state index in [1.807, 2.05) is 47.4 Å². The number of guanidine groups is 1. The third-order valence-electron chi connectivity index (χ3n) is 4.43. The van der Waals surface area contributed by atoms with Gasteiger partial charge in [-0.25, -0.2) is 4.68 Å². The van der Waals surface area contributed by atoms with E-state index in [0.717, 1.165) is 30.1 Å². The van der Waals surface area contributed by atoms with Crippen molar-refractivity contribution >= 4 is 29.9 Å². The van der Waals surface area contributed by atoms with E-state index in [1.54, 1.807) is 7.05 Å². The molecule has 6 heteroatoms. The van der Waals surface area contributed by atoms with Crippen LogP contribution in [0.1, 0.15) is 24.5 Å². The van der Waals surface area contributed by atoms with E-state index in [0.29, 0.717) is 12.6 Å². The summed E-state index contributed by atoms with van der Waals surface area (Å²) in [6.07, 6.45) is 6.02. The number of rotatable bonds is 7. The molecule has 2 aromatic carbocycles. The van der Waals surface area contributed by atoms with Gasteiger partial charge in [-0.3, -0.25) is 4.99 Å². The molecule has 1 unspecified atom stereocenters. The van der Waals surface area contributed by atoms with Crippen LogP contribution in [0.15, 0.2) is 78.0 Å². The molecule has 3 aromatic rings. The molecular weight excluding hydrogens is 461 g/mol. The standard InChI is InChI=1S/C22H27N5.HI/c1-18(13-14-19-9-5-3-6-10-19)26-22(23-2)24-15-20-16-25-27(17-20)21-11-7-4-8-12-21;/h3-12,16-18H,13-15H2,1-2H3,(H2,23,24,26);1H. The molecule has 148 valence electrons. The van der Waals surface area contributed by atoms with E-state index in [4.69, 9.17) is 0 Å². The number of para-hydroxylation sites is 1. The summed E-state index contributed by atoms with van der Waals surface area (Å²) in [6.45, 7) is 2.86. The summed E-state index contributed by atoms with van der Waals surface area (Å²) >= 11 is 0. The van der Waals surface area contributed by atoms with Crippen LogP contribution in [0.3, 0.4) is 0 Å². The molecule has 0 aliphatic carbocycles. The minimum Gasteiger partial charge on any atom is -0.354 e. The van der Waals surface area contributed by atoms with Crippen LogP contribution in [-0.2, 0) is 13.0 Å². The van der Waals surface area contributed by atoms with E-state index >= 15 is 0 Å². The van der Waals surface area contributed by atoms with Crippen molar-refractivity contribution in [1.29, 1.82) is 0 Å². The van der Waals surface area contributed by atoms with Crippen LogP contribution in [0.2, 0.25) is 0 Å². The molecule has 28 heavy (non-hydrogen) atoms. The Kier molecular flexibility index (Phi) is 9.00. The van der Waals surface area contributed by atoms with Crippen molar-refractivity contribution < 1.29 is 0 Å². The molecule has 1 atom stereocenters. The van der Waals surface area contributed by atoms with Crippen molar-refractivity contribution in [3.05, 3.63) is 84.2 Å².